The van der Waals surface area contributed by atoms with Crippen LogP contribution >= 0.6 is 0 Å². The lowest BCUT2D eigenvalue weighted by molar-refractivity contribution is -0.385. The Morgan fingerprint density at radius 3 is 2.67 bits per heavy atom. The largest absolute Gasteiger partial charge is 0.316 e. The third-order valence-electron chi connectivity index (χ3n) is 4.51. The molecule has 1 aliphatic rings. The van der Waals surface area contributed by atoms with Gasteiger partial charge in [-0.3, -0.25) is 10.1 Å². The molecular formula is C16H25N3O2. The Morgan fingerprint density at radius 2 is 2.00 bits per heavy atom. The minimum Gasteiger partial charge on any atom is -0.316 e. The maximum Gasteiger partial charge on any atom is 0.272 e. The van der Waals surface area contributed by atoms with Crippen LogP contribution in [0.1, 0.15) is 25.3 Å². The third kappa shape index (κ3) is 4.51. The summed E-state index contributed by atoms with van der Waals surface area (Å²) in [4.78, 5) is 13.0. The van der Waals surface area contributed by atoms with E-state index in [0.717, 1.165) is 31.7 Å². The zero-order chi connectivity index (χ0) is 15.3. The lowest BCUT2D eigenvalue weighted by Crippen LogP contribution is -2.42. The van der Waals surface area contributed by atoms with Crippen LogP contribution in [0, 0.1) is 15.5 Å². The number of nitro benzene ring substituents is 1. The molecule has 0 bridgehead atoms. The molecule has 0 saturated carbocycles. The zero-order valence-corrected chi connectivity index (χ0v) is 13.0. The zero-order valence-electron chi connectivity index (χ0n) is 13.0. The van der Waals surface area contributed by atoms with Gasteiger partial charge in [-0.15, -0.1) is 0 Å². The van der Waals surface area contributed by atoms with Gasteiger partial charge in [-0.1, -0.05) is 25.1 Å². The Labute approximate surface area is 126 Å². The van der Waals surface area contributed by atoms with E-state index in [4.69, 9.17) is 0 Å². The topological polar surface area (TPSA) is 58.4 Å². The van der Waals surface area contributed by atoms with E-state index in [1.165, 1.54) is 12.8 Å². The average molecular weight is 291 g/mol. The van der Waals surface area contributed by atoms with Crippen molar-refractivity contribution in [2.45, 2.75) is 26.2 Å². The van der Waals surface area contributed by atoms with E-state index in [1.807, 2.05) is 12.1 Å². The molecule has 0 amide bonds. The Hall–Kier alpha value is -1.46. The summed E-state index contributed by atoms with van der Waals surface area (Å²) in [5, 5.41) is 14.4. The van der Waals surface area contributed by atoms with Crippen molar-refractivity contribution in [2.24, 2.45) is 5.41 Å². The van der Waals surface area contributed by atoms with Crippen molar-refractivity contribution in [2.75, 3.05) is 33.2 Å². The highest BCUT2D eigenvalue weighted by molar-refractivity contribution is 5.39. The SMILES string of the molecule is CN1CCC(C)(CNCCc2ccccc2[N+](=O)[O-])CC1. The first-order valence-electron chi connectivity index (χ1n) is 7.62. The maximum absolute atomic E-state index is 11.0. The summed E-state index contributed by atoms with van der Waals surface area (Å²) in [7, 11) is 2.17. The van der Waals surface area contributed by atoms with Gasteiger partial charge in [0.05, 0.1) is 4.92 Å². The molecule has 2 rings (SSSR count). The molecule has 1 N–H and O–H groups in total. The summed E-state index contributed by atoms with van der Waals surface area (Å²) in [6.07, 6.45) is 3.12. The fraction of sp³-hybridized carbons (Fsp3) is 0.625. The van der Waals surface area contributed by atoms with E-state index >= 15 is 0 Å². The Morgan fingerprint density at radius 1 is 1.33 bits per heavy atom. The Bertz CT molecular complexity index is 482. The first-order chi connectivity index (χ1) is 10.0. The van der Waals surface area contributed by atoms with Crippen molar-refractivity contribution in [3.05, 3.63) is 39.9 Å². The number of benzene rings is 1. The summed E-state index contributed by atoms with van der Waals surface area (Å²) in [5.41, 5.74) is 1.39. The van der Waals surface area contributed by atoms with Gasteiger partial charge in [0.15, 0.2) is 0 Å². The molecule has 0 radical (unpaired) electrons. The number of para-hydroxylation sites is 1. The molecule has 1 aromatic rings. The van der Waals surface area contributed by atoms with Crippen LogP contribution in [0.3, 0.4) is 0 Å². The van der Waals surface area contributed by atoms with Crippen molar-refractivity contribution < 1.29 is 4.92 Å². The van der Waals surface area contributed by atoms with Gasteiger partial charge in [0.1, 0.15) is 0 Å². The summed E-state index contributed by atoms with van der Waals surface area (Å²) in [6, 6.07) is 7.00. The van der Waals surface area contributed by atoms with Crippen molar-refractivity contribution in [3.8, 4) is 0 Å². The summed E-state index contributed by atoms with van der Waals surface area (Å²) >= 11 is 0. The third-order valence-corrected chi connectivity index (χ3v) is 4.51. The second-order valence-corrected chi connectivity index (χ2v) is 6.43. The second-order valence-electron chi connectivity index (χ2n) is 6.43. The lowest BCUT2D eigenvalue weighted by Gasteiger charge is -2.38. The van der Waals surface area contributed by atoms with E-state index in [0.29, 0.717) is 11.8 Å². The number of piperidine rings is 1. The number of nitro groups is 1. The predicted molar refractivity (Wildman–Crippen MR) is 84.5 cm³/mol. The summed E-state index contributed by atoms with van der Waals surface area (Å²) < 4.78 is 0. The quantitative estimate of drug-likeness (QED) is 0.497. The molecule has 1 aromatic carbocycles. The van der Waals surface area contributed by atoms with Crippen LogP contribution in [-0.2, 0) is 6.42 Å². The second kappa shape index (κ2) is 7.00. The molecule has 0 aliphatic carbocycles. The first-order valence-corrected chi connectivity index (χ1v) is 7.62. The van der Waals surface area contributed by atoms with E-state index in [1.54, 1.807) is 12.1 Å². The van der Waals surface area contributed by atoms with Gasteiger partial charge in [0.25, 0.3) is 5.69 Å². The normalized spacial score (nSPS) is 18.6. The summed E-state index contributed by atoms with van der Waals surface area (Å²) in [5.74, 6) is 0. The lowest BCUT2D eigenvalue weighted by atomic mass is 9.80. The highest BCUT2D eigenvalue weighted by Gasteiger charge is 2.28. The van der Waals surface area contributed by atoms with Gasteiger partial charge < -0.3 is 10.2 Å². The Kier molecular flexibility index (Phi) is 5.31. The Balaban J connectivity index is 1.79. The molecule has 0 aromatic heterocycles. The number of hydrogen-bond donors (Lipinski definition) is 1. The van der Waals surface area contributed by atoms with Gasteiger partial charge in [0, 0.05) is 18.2 Å². The van der Waals surface area contributed by atoms with Crippen molar-refractivity contribution >= 4 is 5.69 Å². The highest BCUT2D eigenvalue weighted by atomic mass is 16.6. The number of hydrogen-bond acceptors (Lipinski definition) is 4. The van der Waals surface area contributed by atoms with Crippen LogP contribution in [0.15, 0.2) is 24.3 Å². The van der Waals surface area contributed by atoms with Crippen LogP contribution in [0.2, 0.25) is 0 Å². The number of nitrogens with one attached hydrogen (secondary N) is 1. The van der Waals surface area contributed by atoms with Gasteiger partial charge in [0.2, 0.25) is 0 Å². The number of nitrogens with zero attached hydrogens (tertiary/aromatic N) is 2. The molecule has 0 spiro atoms. The fourth-order valence-corrected chi connectivity index (χ4v) is 2.85. The molecule has 1 aliphatic heterocycles. The molecule has 5 nitrogen and oxygen atoms in total. The predicted octanol–water partition coefficient (Wildman–Crippen LogP) is 2.46. The van der Waals surface area contributed by atoms with E-state index < -0.39 is 0 Å². The van der Waals surface area contributed by atoms with Crippen molar-refractivity contribution in [3.63, 3.8) is 0 Å². The molecule has 1 fully saturated rings. The van der Waals surface area contributed by atoms with Crippen LogP contribution in [0.4, 0.5) is 5.69 Å². The first kappa shape index (κ1) is 15.9. The van der Waals surface area contributed by atoms with Crippen LogP contribution < -0.4 is 5.32 Å². The number of likely N-dealkylation sites (tertiary alicyclic amines) is 1. The minimum absolute atomic E-state index is 0.227. The molecule has 0 unspecified atom stereocenters. The molecular weight excluding hydrogens is 266 g/mol. The maximum atomic E-state index is 11.0. The summed E-state index contributed by atoms with van der Waals surface area (Å²) in [6.45, 7) is 6.42. The molecule has 0 atom stereocenters. The average Bonchev–Trinajstić information content (AvgIpc) is 2.47. The van der Waals surface area contributed by atoms with Crippen LogP contribution in [-0.4, -0.2) is 43.0 Å². The fourth-order valence-electron chi connectivity index (χ4n) is 2.85. The minimum atomic E-state index is -0.298. The van der Waals surface area contributed by atoms with Gasteiger partial charge in [-0.05, 0) is 51.4 Å². The van der Waals surface area contributed by atoms with Gasteiger partial charge >= 0.3 is 0 Å². The van der Waals surface area contributed by atoms with E-state index in [2.05, 4.69) is 24.2 Å². The van der Waals surface area contributed by atoms with Gasteiger partial charge in [-0.2, -0.15) is 0 Å². The standard InChI is InChI=1S/C16H25N3O2/c1-16(8-11-18(2)12-9-16)13-17-10-7-14-5-3-4-6-15(14)19(20)21/h3-6,17H,7-13H2,1-2H3. The van der Waals surface area contributed by atoms with E-state index in [9.17, 15) is 10.1 Å². The highest BCUT2D eigenvalue weighted by Crippen LogP contribution is 2.29. The number of rotatable bonds is 6. The van der Waals surface area contributed by atoms with Gasteiger partial charge in [-0.25, -0.2) is 0 Å². The van der Waals surface area contributed by atoms with E-state index in [-0.39, 0.29) is 10.6 Å². The molecule has 1 heterocycles. The van der Waals surface area contributed by atoms with Crippen LogP contribution in [0.25, 0.3) is 0 Å². The molecule has 5 heteroatoms. The van der Waals surface area contributed by atoms with Crippen LogP contribution in [0.5, 0.6) is 0 Å². The van der Waals surface area contributed by atoms with Crippen molar-refractivity contribution in [1.82, 2.24) is 10.2 Å². The molecule has 1 saturated heterocycles. The molecule has 21 heavy (non-hydrogen) atoms. The molecule has 116 valence electrons. The van der Waals surface area contributed by atoms with Crippen molar-refractivity contribution in [1.29, 1.82) is 0 Å². The smallest absolute Gasteiger partial charge is 0.272 e. The monoisotopic (exact) mass is 291 g/mol.